The van der Waals surface area contributed by atoms with E-state index in [0.717, 1.165) is 37.5 Å². The number of para-hydroxylation sites is 1. The van der Waals surface area contributed by atoms with Crippen molar-refractivity contribution in [3.63, 3.8) is 0 Å². The number of hydrogen-bond acceptors (Lipinski definition) is 5. The van der Waals surface area contributed by atoms with Gasteiger partial charge in [-0.2, -0.15) is 4.98 Å². The Hall–Kier alpha value is -1.88. The third kappa shape index (κ3) is 3.12. The van der Waals surface area contributed by atoms with E-state index in [9.17, 15) is 0 Å². The van der Waals surface area contributed by atoms with Gasteiger partial charge in [-0.1, -0.05) is 23.4 Å². The van der Waals surface area contributed by atoms with E-state index in [4.69, 9.17) is 9.26 Å². The van der Waals surface area contributed by atoms with Crippen LogP contribution in [0.25, 0.3) is 0 Å². The molecule has 1 unspecified atom stereocenters. The summed E-state index contributed by atoms with van der Waals surface area (Å²) in [5.41, 5.74) is 0. The molecule has 1 aromatic carbocycles. The minimum absolute atomic E-state index is 0.317. The number of rotatable bonds is 4. The molecule has 100 valence electrons. The van der Waals surface area contributed by atoms with Gasteiger partial charge in [0.25, 0.3) is 5.89 Å². The Bertz CT molecular complexity index is 506. The summed E-state index contributed by atoms with van der Waals surface area (Å²) < 4.78 is 10.8. The van der Waals surface area contributed by atoms with Crippen molar-refractivity contribution in [2.24, 2.45) is 0 Å². The Kier molecular flexibility index (Phi) is 3.74. The highest BCUT2D eigenvalue weighted by atomic mass is 16.5. The largest absolute Gasteiger partial charge is 0.484 e. The van der Waals surface area contributed by atoms with E-state index in [-0.39, 0.29) is 0 Å². The first-order valence-electron chi connectivity index (χ1n) is 6.63. The lowest BCUT2D eigenvalue weighted by atomic mass is 9.99. The number of hydrogen-bond donors (Lipinski definition) is 1. The SMILES string of the molecule is c1ccc(OCc2nc(C3CCCNC3)no2)cc1. The van der Waals surface area contributed by atoms with Gasteiger partial charge in [0.1, 0.15) is 5.75 Å². The van der Waals surface area contributed by atoms with Gasteiger partial charge in [0.2, 0.25) is 0 Å². The number of aromatic nitrogens is 2. The first-order valence-corrected chi connectivity index (χ1v) is 6.63. The van der Waals surface area contributed by atoms with Gasteiger partial charge in [-0.05, 0) is 31.5 Å². The molecule has 1 N–H and O–H groups in total. The quantitative estimate of drug-likeness (QED) is 0.911. The number of ether oxygens (including phenoxy) is 1. The Morgan fingerprint density at radius 2 is 2.21 bits per heavy atom. The summed E-state index contributed by atoms with van der Waals surface area (Å²) in [7, 11) is 0. The maximum absolute atomic E-state index is 5.58. The Labute approximate surface area is 112 Å². The Balaban J connectivity index is 1.58. The van der Waals surface area contributed by atoms with Crippen LogP contribution in [0.2, 0.25) is 0 Å². The predicted octanol–water partition coefficient (Wildman–Crippen LogP) is 2.12. The van der Waals surface area contributed by atoms with Crippen LogP contribution in [-0.2, 0) is 6.61 Å². The van der Waals surface area contributed by atoms with Crippen LogP contribution in [0.5, 0.6) is 5.75 Å². The summed E-state index contributed by atoms with van der Waals surface area (Å²) in [5, 5.41) is 7.39. The van der Waals surface area contributed by atoms with Crippen LogP contribution in [0.15, 0.2) is 34.9 Å². The van der Waals surface area contributed by atoms with Crippen LogP contribution in [0, 0.1) is 0 Å². The summed E-state index contributed by atoms with van der Waals surface area (Å²) in [6.07, 6.45) is 2.28. The van der Waals surface area contributed by atoms with Crippen molar-refractivity contribution in [2.45, 2.75) is 25.4 Å². The second-order valence-corrected chi connectivity index (χ2v) is 4.69. The monoisotopic (exact) mass is 259 g/mol. The standard InChI is InChI=1S/C14H17N3O2/c1-2-6-12(7-3-1)18-10-13-16-14(17-19-13)11-5-4-8-15-9-11/h1-3,6-7,11,15H,4-5,8-10H2. The van der Waals surface area contributed by atoms with Crippen molar-refractivity contribution < 1.29 is 9.26 Å². The average Bonchev–Trinajstić information content (AvgIpc) is 2.96. The molecule has 2 heterocycles. The van der Waals surface area contributed by atoms with Crippen LogP contribution in [0.3, 0.4) is 0 Å². The first-order chi connectivity index (χ1) is 9.42. The molecule has 1 aliphatic heterocycles. The molecule has 3 rings (SSSR count). The van der Waals surface area contributed by atoms with Crippen molar-refractivity contribution in [1.82, 2.24) is 15.5 Å². The molecule has 1 atom stereocenters. The van der Waals surface area contributed by atoms with E-state index in [0.29, 0.717) is 18.4 Å². The zero-order valence-electron chi connectivity index (χ0n) is 10.7. The maximum atomic E-state index is 5.58. The second-order valence-electron chi connectivity index (χ2n) is 4.69. The van der Waals surface area contributed by atoms with Crippen molar-refractivity contribution >= 4 is 0 Å². The van der Waals surface area contributed by atoms with Crippen LogP contribution in [0.1, 0.15) is 30.5 Å². The van der Waals surface area contributed by atoms with Gasteiger partial charge >= 0.3 is 0 Å². The molecule has 5 nitrogen and oxygen atoms in total. The van der Waals surface area contributed by atoms with E-state index in [2.05, 4.69) is 15.5 Å². The number of nitrogens with one attached hydrogen (secondary N) is 1. The predicted molar refractivity (Wildman–Crippen MR) is 69.9 cm³/mol. The molecule has 0 radical (unpaired) electrons. The molecule has 0 aliphatic carbocycles. The topological polar surface area (TPSA) is 60.2 Å². The number of nitrogens with zero attached hydrogens (tertiary/aromatic N) is 2. The van der Waals surface area contributed by atoms with Gasteiger partial charge in [0, 0.05) is 12.5 Å². The Morgan fingerprint density at radius 1 is 1.32 bits per heavy atom. The molecule has 1 aliphatic rings. The van der Waals surface area contributed by atoms with Crippen LogP contribution in [-0.4, -0.2) is 23.2 Å². The van der Waals surface area contributed by atoms with Gasteiger partial charge in [0.05, 0.1) is 0 Å². The zero-order valence-corrected chi connectivity index (χ0v) is 10.7. The highest BCUT2D eigenvalue weighted by Crippen LogP contribution is 2.20. The molecule has 2 aromatic rings. The summed E-state index contributed by atoms with van der Waals surface area (Å²) in [4.78, 5) is 4.41. The fraction of sp³-hybridized carbons (Fsp3) is 0.429. The molecule has 1 fully saturated rings. The molecule has 0 spiro atoms. The molecule has 19 heavy (non-hydrogen) atoms. The molecule has 1 saturated heterocycles. The van der Waals surface area contributed by atoms with Crippen molar-refractivity contribution in [2.75, 3.05) is 13.1 Å². The molecule has 5 heteroatoms. The molecule has 1 aromatic heterocycles. The highest BCUT2D eigenvalue weighted by molar-refractivity contribution is 5.20. The van der Waals surface area contributed by atoms with E-state index in [1.807, 2.05) is 30.3 Å². The second kappa shape index (κ2) is 5.84. The van der Waals surface area contributed by atoms with Crippen molar-refractivity contribution in [3.8, 4) is 5.75 Å². The van der Waals surface area contributed by atoms with Gasteiger partial charge in [-0.25, -0.2) is 0 Å². The fourth-order valence-corrected chi connectivity index (χ4v) is 2.23. The number of benzene rings is 1. The minimum Gasteiger partial charge on any atom is -0.484 e. The third-order valence-corrected chi connectivity index (χ3v) is 3.25. The smallest absolute Gasteiger partial charge is 0.264 e. The highest BCUT2D eigenvalue weighted by Gasteiger charge is 2.20. The number of piperidine rings is 1. The summed E-state index contributed by atoms with van der Waals surface area (Å²) in [6.45, 7) is 2.33. The lowest BCUT2D eigenvalue weighted by Crippen LogP contribution is -2.28. The first kappa shape index (κ1) is 12.2. The molecule has 0 bridgehead atoms. The summed E-state index contributed by atoms with van der Waals surface area (Å²) >= 11 is 0. The van der Waals surface area contributed by atoms with E-state index < -0.39 is 0 Å². The van der Waals surface area contributed by atoms with E-state index >= 15 is 0 Å². The van der Waals surface area contributed by atoms with Crippen LogP contribution in [0.4, 0.5) is 0 Å². The fourth-order valence-electron chi connectivity index (χ4n) is 2.23. The van der Waals surface area contributed by atoms with E-state index in [1.54, 1.807) is 0 Å². The van der Waals surface area contributed by atoms with Gasteiger partial charge in [-0.3, -0.25) is 0 Å². The molecular weight excluding hydrogens is 242 g/mol. The van der Waals surface area contributed by atoms with E-state index in [1.165, 1.54) is 0 Å². The zero-order chi connectivity index (χ0) is 12.9. The lowest BCUT2D eigenvalue weighted by Gasteiger charge is -2.19. The normalized spacial score (nSPS) is 19.3. The average molecular weight is 259 g/mol. The van der Waals surface area contributed by atoms with Gasteiger partial charge < -0.3 is 14.6 Å². The minimum atomic E-state index is 0.317. The van der Waals surface area contributed by atoms with Gasteiger partial charge in [0.15, 0.2) is 12.4 Å². The molecule has 0 saturated carbocycles. The molecular formula is C14H17N3O2. The Morgan fingerprint density at radius 3 is 3.00 bits per heavy atom. The van der Waals surface area contributed by atoms with Crippen molar-refractivity contribution in [3.05, 3.63) is 42.0 Å². The summed E-state index contributed by atoms with van der Waals surface area (Å²) in [6, 6.07) is 9.63. The van der Waals surface area contributed by atoms with Gasteiger partial charge in [-0.15, -0.1) is 0 Å². The summed E-state index contributed by atoms with van der Waals surface area (Å²) in [5.74, 6) is 2.49. The van der Waals surface area contributed by atoms with Crippen molar-refractivity contribution in [1.29, 1.82) is 0 Å². The lowest BCUT2D eigenvalue weighted by molar-refractivity contribution is 0.242. The van der Waals surface area contributed by atoms with Crippen LogP contribution >= 0.6 is 0 Å². The maximum Gasteiger partial charge on any atom is 0.264 e. The molecule has 0 amide bonds. The van der Waals surface area contributed by atoms with Crippen LogP contribution < -0.4 is 10.1 Å². The third-order valence-electron chi connectivity index (χ3n) is 3.25.